The molecule has 0 radical (unpaired) electrons. The van der Waals surface area contributed by atoms with Crippen molar-refractivity contribution in [2.24, 2.45) is 0 Å². The number of nitro benzene ring substituents is 1. The molecule has 0 spiro atoms. The molecule has 110 valence electrons. The molecule has 0 amide bonds. The molecule has 0 bridgehead atoms. The van der Waals surface area contributed by atoms with Gasteiger partial charge >= 0.3 is 17.8 Å². The van der Waals surface area contributed by atoms with Gasteiger partial charge in [-0.3, -0.25) is 10.1 Å². The number of esters is 1. The van der Waals surface area contributed by atoms with E-state index in [1.807, 2.05) is 0 Å². The number of hydrogen-bond donors (Lipinski definition) is 0. The molecule has 0 aliphatic carbocycles. The van der Waals surface area contributed by atoms with Crippen molar-refractivity contribution in [1.29, 1.82) is 0 Å². The van der Waals surface area contributed by atoms with Crippen LogP contribution in [0, 0.1) is 10.1 Å². The van der Waals surface area contributed by atoms with E-state index in [0.29, 0.717) is 12.0 Å². The Morgan fingerprint density at radius 2 is 2.05 bits per heavy atom. The van der Waals surface area contributed by atoms with E-state index in [1.54, 1.807) is 6.92 Å². The Bertz CT molecular complexity index is 519. The average Bonchev–Trinajstić information content (AvgIpc) is 2.38. The van der Waals surface area contributed by atoms with Crippen LogP contribution in [0.3, 0.4) is 0 Å². The van der Waals surface area contributed by atoms with Crippen molar-refractivity contribution in [3.8, 4) is 5.75 Å². The highest BCUT2D eigenvalue weighted by molar-refractivity contribution is 5.76. The Kier molecular flexibility index (Phi) is 4.95. The van der Waals surface area contributed by atoms with E-state index in [4.69, 9.17) is 0 Å². The smallest absolute Gasteiger partial charge is 0.459 e. The molecule has 0 saturated heterocycles. The van der Waals surface area contributed by atoms with Gasteiger partial charge in [-0.1, -0.05) is 13.0 Å². The van der Waals surface area contributed by atoms with Crippen LogP contribution in [0.4, 0.5) is 14.5 Å². The van der Waals surface area contributed by atoms with E-state index in [9.17, 15) is 23.7 Å². The lowest BCUT2D eigenvalue weighted by atomic mass is 10.1. The van der Waals surface area contributed by atoms with Crippen molar-refractivity contribution in [1.82, 2.24) is 0 Å². The molecule has 1 rings (SSSR count). The predicted octanol–water partition coefficient (Wildman–Crippen LogP) is 2.69. The number of alkyl halides is 2. The van der Waals surface area contributed by atoms with Crippen LogP contribution < -0.4 is 4.74 Å². The topological polar surface area (TPSA) is 78.7 Å². The van der Waals surface area contributed by atoms with Gasteiger partial charge in [0.05, 0.1) is 11.5 Å². The van der Waals surface area contributed by atoms with Crippen molar-refractivity contribution in [2.75, 3.05) is 6.61 Å². The molecular weight excluding hydrogens is 276 g/mol. The Morgan fingerprint density at radius 3 is 2.55 bits per heavy atom. The number of halogens is 2. The summed E-state index contributed by atoms with van der Waals surface area (Å²) in [4.78, 5) is 21.0. The minimum atomic E-state index is -4.28. The predicted molar refractivity (Wildman–Crippen MR) is 64.7 cm³/mol. The molecule has 8 heteroatoms. The van der Waals surface area contributed by atoms with Gasteiger partial charge in [0.15, 0.2) is 0 Å². The molecule has 1 aromatic rings. The maximum Gasteiger partial charge on any atom is 0.502 e. The second kappa shape index (κ2) is 6.27. The molecule has 1 aromatic carbocycles. The van der Waals surface area contributed by atoms with Crippen LogP contribution >= 0.6 is 0 Å². The van der Waals surface area contributed by atoms with Gasteiger partial charge in [0.25, 0.3) is 0 Å². The first-order valence-corrected chi connectivity index (χ1v) is 5.83. The number of hydrogen-bond acceptors (Lipinski definition) is 5. The summed E-state index contributed by atoms with van der Waals surface area (Å²) in [5.41, 5.74) is -0.0446. The zero-order valence-corrected chi connectivity index (χ0v) is 10.9. The van der Waals surface area contributed by atoms with Crippen LogP contribution in [0.25, 0.3) is 0 Å². The number of rotatable bonds is 6. The molecule has 6 nitrogen and oxygen atoms in total. The van der Waals surface area contributed by atoms with E-state index < -0.39 is 28.4 Å². The Morgan fingerprint density at radius 1 is 1.40 bits per heavy atom. The molecule has 0 aromatic heterocycles. The highest BCUT2D eigenvalue weighted by Gasteiger charge is 2.45. The first-order chi connectivity index (χ1) is 9.31. The SMILES string of the molecule is CCOC(=O)C(F)(F)Oc1ccc(CC)cc1[N+](=O)[O-]. The van der Waals surface area contributed by atoms with Gasteiger partial charge in [-0.2, -0.15) is 8.78 Å². The van der Waals surface area contributed by atoms with E-state index in [0.717, 1.165) is 12.1 Å². The molecule has 0 atom stereocenters. The van der Waals surface area contributed by atoms with Gasteiger partial charge in [-0.15, -0.1) is 0 Å². The first-order valence-electron chi connectivity index (χ1n) is 5.83. The summed E-state index contributed by atoms with van der Waals surface area (Å²) in [5.74, 6) is -2.58. The molecular formula is C12H13F2NO5. The van der Waals surface area contributed by atoms with Crippen molar-refractivity contribution in [2.45, 2.75) is 26.4 Å². The van der Waals surface area contributed by atoms with Crippen LogP contribution in [0.15, 0.2) is 18.2 Å². The summed E-state index contributed by atoms with van der Waals surface area (Å²) < 4.78 is 35.1. The number of nitro groups is 1. The molecule has 0 aliphatic heterocycles. The summed E-state index contributed by atoms with van der Waals surface area (Å²) in [6.07, 6.45) is -3.79. The molecule has 0 unspecified atom stereocenters. The molecule has 0 saturated carbocycles. The molecule has 20 heavy (non-hydrogen) atoms. The monoisotopic (exact) mass is 289 g/mol. The maximum absolute atomic E-state index is 13.4. The fourth-order valence-corrected chi connectivity index (χ4v) is 1.41. The lowest BCUT2D eigenvalue weighted by molar-refractivity contribution is -0.387. The summed E-state index contributed by atoms with van der Waals surface area (Å²) in [5, 5.41) is 10.8. The largest absolute Gasteiger partial charge is 0.502 e. The second-order valence-corrected chi connectivity index (χ2v) is 3.75. The van der Waals surface area contributed by atoms with Gasteiger partial charge in [-0.25, -0.2) is 4.79 Å². The van der Waals surface area contributed by atoms with E-state index in [1.165, 1.54) is 13.0 Å². The standard InChI is InChI=1S/C12H13F2NO5/c1-3-8-5-6-10(9(7-8)15(17)18)20-12(13,14)11(16)19-4-2/h5-7H,3-4H2,1-2H3. The third kappa shape index (κ3) is 3.62. The minimum absolute atomic E-state index is 0.255. The fourth-order valence-electron chi connectivity index (χ4n) is 1.41. The highest BCUT2D eigenvalue weighted by Crippen LogP contribution is 2.32. The van der Waals surface area contributed by atoms with Crippen molar-refractivity contribution in [3.05, 3.63) is 33.9 Å². The van der Waals surface area contributed by atoms with Crippen molar-refractivity contribution >= 4 is 11.7 Å². The number of benzene rings is 1. The van der Waals surface area contributed by atoms with E-state index >= 15 is 0 Å². The number of ether oxygens (including phenoxy) is 2. The van der Waals surface area contributed by atoms with Crippen molar-refractivity contribution < 1.29 is 28.0 Å². The Hall–Kier alpha value is -2.25. The summed E-state index contributed by atoms with van der Waals surface area (Å²) in [6.45, 7) is 2.86. The third-order valence-electron chi connectivity index (χ3n) is 2.38. The van der Waals surface area contributed by atoms with Crippen LogP contribution in [0.5, 0.6) is 5.75 Å². The van der Waals surface area contributed by atoms with Crippen LogP contribution in [0.1, 0.15) is 19.4 Å². The van der Waals surface area contributed by atoms with Gasteiger partial charge in [-0.05, 0) is 25.0 Å². The fraction of sp³-hybridized carbons (Fsp3) is 0.417. The zero-order chi connectivity index (χ0) is 15.3. The van der Waals surface area contributed by atoms with Gasteiger partial charge < -0.3 is 9.47 Å². The average molecular weight is 289 g/mol. The molecule has 0 N–H and O–H groups in total. The van der Waals surface area contributed by atoms with Gasteiger partial charge in [0.2, 0.25) is 5.75 Å². The van der Waals surface area contributed by atoms with Crippen LogP contribution in [0.2, 0.25) is 0 Å². The maximum atomic E-state index is 13.4. The number of carbonyl (C=O) groups is 1. The summed E-state index contributed by atoms with van der Waals surface area (Å²) in [6, 6.07) is 3.56. The lowest BCUT2D eigenvalue weighted by Gasteiger charge is -2.16. The van der Waals surface area contributed by atoms with Gasteiger partial charge in [0, 0.05) is 6.07 Å². The molecule has 0 heterocycles. The second-order valence-electron chi connectivity index (χ2n) is 3.75. The zero-order valence-electron chi connectivity index (χ0n) is 10.9. The lowest BCUT2D eigenvalue weighted by Crippen LogP contribution is -2.37. The molecule has 0 fully saturated rings. The third-order valence-corrected chi connectivity index (χ3v) is 2.38. The first kappa shape index (κ1) is 15.8. The summed E-state index contributed by atoms with van der Waals surface area (Å²) in [7, 11) is 0. The van der Waals surface area contributed by atoms with Crippen molar-refractivity contribution in [3.63, 3.8) is 0 Å². The Balaban J connectivity index is 3.08. The number of aryl methyl sites for hydroxylation is 1. The van der Waals surface area contributed by atoms with E-state index in [-0.39, 0.29) is 6.61 Å². The highest BCUT2D eigenvalue weighted by atomic mass is 19.3. The van der Waals surface area contributed by atoms with Crippen LogP contribution in [-0.2, 0) is 16.0 Å². The summed E-state index contributed by atoms with van der Waals surface area (Å²) >= 11 is 0. The molecule has 0 aliphatic rings. The van der Waals surface area contributed by atoms with Gasteiger partial charge in [0.1, 0.15) is 0 Å². The normalized spacial score (nSPS) is 11.0. The Labute approximate surface area is 113 Å². The number of carbonyl (C=O) groups excluding carboxylic acids is 1. The van der Waals surface area contributed by atoms with E-state index in [2.05, 4.69) is 9.47 Å². The minimum Gasteiger partial charge on any atom is -0.459 e. The van der Waals surface area contributed by atoms with Crippen LogP contribution in [-0.4, -0.2) is 23.6 Å². The number of nitrogens with zero attached hydrogens (tertiary/aromatic N) is 1. The quantitative estimate of drug-likeness (QED) is 0.457.